The second kappa shape index (κ2) is 6.71. The molecule has 1 N–H and O–H groups in total. The van der Waals surface area contributed by atoms with E-state index < -0.39 is 0 Å². The molecule has 19 heavy (non-hydrogen) atoms. The first-order chi connectivity index (χ1) is 9.13. The van der Waals surface area contributed by atoms with Crippen LogP contribution in [-0.4, -0.2) is 11.5 Å². The lowest BCUT2D eigenvalue weighted by Gasteiger charge is -2.07. The van der Waals surface area contributed by atoms with Crippen molar-refractivity contribution < 1.29 is 0 Å². The SMILES string of the molecule is Cc1csc(NCCc2ccc(CC(C)C)cc2)n1. The van der Waals surface area contributed by atoms with Crippen molar-refractivity contribution >= 4 is 16.5 Å². The minimum atomic E-state index is 0.723. The number of rotatable bonds is 6. The van der Waals surface area contributed by atoms with E-state index in [-0.39, 0.29) is 0 Å². The van der Waals surface area contributed by atoms with Gasteiger partial charge in [0.15, 0.2) is 5.13 Å². The maximum Gasteiger partial charge on any atom is 0.182 e. The Hall–Kier alpha value is -1.35. The lowest BCUT2D eigenvalue weighted by atomic mass is 10.0. The third-order valence-electron chi connectivity index (χ3n) is 2.98. The number of hydrogen-bond acceptors (Lipinski definition) is 3. The maximum absolute atomic E-state index is 4.40. The first kappa shape index (κ1) is 14.1. The van der Waals surface area contributed by atoms with Gasteiger partial charge in [-0.05, 0) is 36.8 Å². The molecule has 1 aromatic heterocycles. The third kappa shape index (κ3) is 4.67. The Labute approximate surface area is 119 Å². The Morgan fingerprint density at radius 2 is 1.84 bits per heavy atom. The summed E-state index contributed by atoms with van der Waals surface area (Å²) in [4.78, 5) is 4.40. The van der Waals surface area contributed by atoms with Gasteiger partial charge < -0.3 is 5.32 Å². The smallest absolute Gasteiger partial charge is 0.182 e. The van der Waals surface area contributed by atoms with Crippen LogP contribution in [0.15, 0.2) is 29.6 Å². The molecule has 0 unspecified atom stereocenters. The molecule has 0 atom stereocenters. The number of aryl methyl sites for hydroxylation is 1. The molecule has 2 aromatic rings. The quantitative estimate of drug-likeness (QED) is 0.849. The molecular weight excluding hydrogens is 252 g/mol. The normalized spacial score (nSPS) is 10.9. The van der Waals surface area contributed by atoms with Gasteiger partial charge in [-0.1, -0.05) is 38.1 Å². The van der Waals surface area contributed by atoms with Gasteiger partial charge in [-0.2, -0.15) is 0 Å². The third-order valence-corrected chi connectivity index (χ3v) is 3.89. The lowest BCUT2D eigenvalue weighted by molar-refractivity contribution is 0.647. The Morgan fingerprint density at radius 1 is 1.16 bits per heavy atom. The fraction of sp³-hybridized carbons (Fsp3) is 0.438. The lowest BCUT2D eigenvalue weighted by Crippen LogP contribution is -2.04. The fourth-order valence-corrected chi connectivity index (χ4v) is 2.78. The Balaban J connectivity index is 1.79. The van der Waals surface area contributed by atoms with Crippen LogP contribution in [0.2, 0.25) is 0 Å². The molecule has 0 spiro atoms. The highest BCUT2D eigenvalue weighted by molar-refractivity contribution is 7.13. The molecule has 102 valence electrons. The summed E-state index contributed by atoms with van der Waals surface area (Å²) in [6.07, 6.45) is 2.21. The summed E-state index contributed by atoms with van der Waals surface area (Å²) in [5.74, 6) is 0.723. The molecule has 2 nitrogen and oxygen atoms in total. The highest BCUT2D eigenvalue weighted by Crippen LogP contribution is 2.15. The molecule has 2 rings (SSSR count). The Bertz CT molecular complexity index is 500. The molecule has 0 radical (unpaired) electrons. The van der Waals surface area contributed by atoms with Crippen molar-refractivity contribution in [1.29, 1.82) is 0 Å². The Kier molecular flexibility index (Phi) is 4.97. The van der Waals surface area contributed by atoms with Gasteiger partial charge in [0.05, 0.1) is 5.69 Å². The van der Waals surface area contributed by atoms with Crippen LogP contribution in [0.1, 0.15) is 30.7 Å². The predicted molar refractivity (Wildman–Crippen MR) is 84.0 cm³/mol. The van der Waals surface area contributed by atoms with E-state index >= 15 is 0 Å². The summed E-state index contributed by atoms with van der Waals surface area (Å²) < 4.78 is 0. The standard InChI is InChI=1S/C16H22N2S/c1-12(2)10-15-6-4-14(5-7-15)8-9-17-16-18-13(3)11-19-16/h4-7,11-12H,8-10H2,1-3H3,(H,17,18). The number of anilines is 1. The number of aromatic nitrogens is 1. The maximum atomic E-state index is 4.40. The van der Waals surface area contributed by atoms with Gasteiger partial charge in [-0.15, -0.1) is 11.3 Å². The van der Waals surface area contributed by atoms with Crippen LogP contribution in [0.5, 0.6) is 0 Å². The molecule has 0 aliphatic rings. The van der Waals surface area contributed by atoms with E-state index in [9.17, 15) is 0 Å². The van der Waals surface area contributed by atoms with E-state index in [1.165, 1.54) is 11.1 Å². The molecule has 0 aliphatic carbocycles. The van der Waals surface area contributed by atoms with Crippen molar-refractivity contribution in [1.82, 2.24) is 4.98 Å². The van der Waals surface area contributed by atoms with Crippen LogP contribution in [0.4, 0.5) is 5.13 Å². The summed E-state index contributed by atoms with van der Waals surface area (Å²) in [5, 5.41) is 6.46. The minimum Gasteiger partial charge on any atom is -0.361 e. The number of nitrogens with zero attached hydrogens (tertiary/aromatic N) is 1. The molecule has 0 aliphatic heterocycles. The molecule has 1 heterocycles. The summed E-state index contributed by atoms with van der Waals surface area (Å²) in [6, 6.07) is 8.99. The van der Waals surface area contributed by atoms with Gasteiger partial charge in [-0.25, -0.2) is 4.98 Å². The van der Waals surface area contributed by atoms with Crippen molar-refractivity contribution in [3.05, 3.63) is 46.5 Å². The minimum absolute atomic E-state index is 0.723. The van der Waals surface area contributed by atoms with Crippen molar-refractivity contribution in [3.8, 4) is 0 Å². The monoisotopic (exact) mass is 274 g/mol. The molecule has 0 saturated heterocycles. The number of benzene rings is 1. The number of thiazole rings is 1. The second-order valence-corrected chi connectivity index (χ2v) is 6.24. The summed E-state index contributed by atoms with van der Waals surface area (Å²) in [6.45, 7) is 7.48. The molecule has 0 bridgehead atoms. The van der Waals surface area contributed by atoms with Gasteiger partial charge in [0.1, 0.15) is 0 Å². The van der Waals surface area contributed by atoms with Gasteiger partial charge in [0.25, 0.3) is 0 Å². The van der Waals surface area contributed by atoms with Crippen LogP contribution in [0.3, 0.4) is 0 Å². The molecule has 0 saturated carbocycles. The van der Waals surface area contributed by atoms with Crippen molar-refractivity contribution in [2.24, 2.45) is 5.92 Å². The largest absolute Gasteiger partial charge is 0.361 e. The van der Waals surface area contributed by atoms with Crippen molar-refractivity contribution in [3.63, 3.8) is 0 Å². The first-order valence-corrected chi connectivity index (χ1v) is 7.75. The van der Waals surface area contributed by atoms with E-state index in [2.05, 4.69) is 53.8 Å². The fourth-order valence-electron chi connectivity index (χ4n) is 2.06. The highest BCUT2D eigenvalue weighted by Gasteiger charge is 2.00. The molecule has 0 amide bonds. The van der Waals surface area contributed by atoms with Crippen LogP contribution in [-0.2, 0) is 12.8 Å². The predicted octanol–water partition coefficient (Wildman–Crippen LogP) is 4.30. The number of nitrogens with one attached hydrogen (secondary N) is 1. The van der Waals surface area contributed by atoms with Crippen LogP contribution in [0, 0.1) is 12.8 Å². The van der Waals surface area contributed by atoms with Gasteiger partial charge in [0, 0.05) is 11.9 Å². The Morgan fingerprint density at radius 3 is 2.42 bits per heavy atom. The van der Waals surface area contributed by atoms with E-state index in [1.807, 2.05) is 6.92 Å². The zero-order valence-electron chi connectivity index (χ0n) is 11.9. The summed E-state index contributed by atoms with van der Waals surface area (Å²) >= 11 is 1.67. The van der Waals surface area contributed by atoms with Gasteiger partial charge >= 0.3 is 0 Å². The van der Waals surface area contributed by atoms with E-state index in [4.69, 9.17) is 0 Å². The van der Waals surface area contributed by atoms with E-state index in [0.717, 1.165) is 36.1 Å². The average Bonchev–Trinajstić information content (AvgIpc) is 2.77. The van der Waals surface area contributed by atoms with E-state index in [0.29, 0.717) is 0 Å². The van der Waals surface area contributed by atoms with Gasteiger partial charge in [0.2, 0.25) is 0 Å². The van der Waals surface area contributed by atoms with Crippen LogP contribution in [0.25, 0.3) is 0 Å². The molecule has 0 fully saturated rings. The van der Waals surface area contributed by atoms with Crippen LogP contribution < -0.4 is 5.32 Å². The topological polar surface area (TPSA) is 24.9 Å². The van der Waals surface area contributed by atoms with Crippen molar-refractivity contribution in [2.45, 2.75) is 33.6 Å². The first-order valence-electron chi connectivity index (χ1n) is 6.87. The van der Waals surface area contributed by atoms with E-state index in [1.54, 1.807) is 11.3 Å². The summed E-state index contributed by atoms with van der Waals surface area (Å²) in [5.41, 5.74) is 3.90. The highest BCUT2D eigenvalue weighted by atomic mass is 32.1. The zero-order chi connectivity index (χ0) is 13.7. The summed E-state index contributed by atoms with van der Waals surface area (Å²) in [7, 11) is 0. The average molecular weight is 274 g/mol. The number of hydrogen-bond donors (Lipinski definition) is 1. The second-order valence-electron chi connectivity index (χ2n) is 5.39. The van der Waals surface area contributed by atoms with Gasteiger partial charge in [-0.3, -0.25) is 0 Å². The van der Waals surface area contributed by atoms with Crippen LogP contribution >= 0.6 is 11.3 Å². The molecule has 1 aromatic carbocycles. The molecule has 3 heteroatoms. The van der Waals surface area contributed by atoms with Crippen molar-refractivity contribution in [2.75, 3.05) is 11.9 Å². The molecular formula is C16H22N2S. The zero-order valence-corrected chi connectivity index (χ0v) is 12.8.